The monoisotopic (exact) mass is 251 g/mol. The van der Waals surface area contributed by atoms with Gasteiger partial charge in [0.05, 0.1) is 0 Å². The van der Waals surface area contributed by atoms with Crippen molar-refractivity contribution in [3.63, 3.8) is 0 Å². The average molecular weight is 251 g/mol. The van der Waals surface area contributed by atoms with E-state index in [9.17, 15) is 0 Å². The summed E-state index contributed by atoms with van der Waals surface area (Å²) in [4.78, 5) is 4.27. The predicted molar refractivity (Wildman–Crippen MR) is 77.0 cm³/mol. The first-order valence-corrected chi connectivity index (χ1v) is 6.74. The minimum atomic E-state index is 0.210. The van der Waals surface area contributed by atoms with Gasteiger partial charge in [0, 0.05) is 37.1 Å². The highest BCUT2D eigenvalue weighted by atomic mass is 16.3. The lowest BCUT2D eigenvalue weighted by molar-refractivity contribution is 0.267. The van der Waals surface area contributed by atoms with Crippen LogP contribution in [0.4, 0.5) is 11.5 Å². The Bertz CT molecular complexity index is 342. The van der Waals surface area contributed by atoms with Gasteiger partial charge in [-0.15, -0.1) is 0 Å². The van der Waals surface area contributed by atoms with Crippen LogP contribution in [0.2, 0.25) is 0 Å². The molecule has 18 heavy (non-hydrogen) atoms. The molecule has 1 atom stereocenters. The number of rotatable bonds is 8. The van der Waals surface area contributed by atoms with Crippen LogP contribution in [-0.2, 0) is 0 Å². The minimum absolute atomic E-state index is 0.210. The molecule has 0 aliphatic heterocycles. The fraction of sp³-hybridized carbons (Fsp3) is 0.643. The summed E-state index contributed by atoms with van der Waals surface area (Å²) in [6, 6.07) is 4.27. The Kier molecular flexibility index (Phi) is 6.50. The minimum Gasteiger partial charge on any atom is -0.396 e. The molecule has 0 saturated heterocycles. The van der Waals surface area contributed by atoms with E-state index in [1.54, 1.807) is 6.20 Å². The van der Waals surface area contributed by atoms with Crippen LogP contribution in [0.15, 0.2) is 18.3 Å². The molecule has 0 radical (unpaired) electrons. The van der Waals surface area contributed by atoms with Gasteiger partial charge in [0.15, 0.2) is 0 Å². The zero-order valence-corrected chi connectivity index (χ0v) is 11.6. The van der Waals surface area contributed by atoms with Crippen molar-refractivity contribution in [2.24, 2.45) is 5.92 Å². The number of aliphatic hydroxyl groups excluding tert-OH is 1. The largest absolute Gasteiger partial charge is 0.396 e. The molecular formula is C14H25N3O. The average Bonchev–Trinajstić information content (AvgIpc) is 2.36. The molecule has 0 fully saturated rings. The van der Waals surface area contributed by atoms with Crippen LogP contribution in [0.25, 0.3) is 0 Å². The van der Waals surface area contributed by atoms with Crippen molar-refractivity contribution >= 4 is 11.5 Å². The van der Waals surface area contributed by atoms with Crippen LogP contribution < -0.4 is 10.6 Å². The first-order valence-electron chi connectivity index (χ1n) is 6.74. The third kappa shape index (κ3) is 4.92. The summed E-state index contributed by atoms with van der Waals surface area (Å²) >= 11 is 0. The van der Waals surface area contributed by atoms with Crippen molar-refractivity contribution in [2.45, 2.75) is 39.7 Å². The number of nitrogens with one attached hydrogen (secondary N) is 2. The summed E-state index contributed by atoms with van der Waals surface area (Å²) < 4.78 is 0. The maximum atomic E-state index is 9.07. The summed E-state index contributed by atoms with van der Waals surface area (Å²) in [5.74, 6) is 1.38. The number of hydrogen-bond donors (Lipinski definition) is 3. The Hall–Kier alpha value is -1.29. The van der Waals surface area contributed by atoms with Gasteiger partial charge in [-0.3, -0.25) is 0 Å². The van der Waals surface area contributed by atoms with Crippen LogP contribution in [0.3, 0.4) is 0 Å². The molecule has 0 aromatic carbocycles. The van der Waals surface area contributed by atoms with E-state index < -0.39 is 0 Å². The molecule has 1 aromatic heterocycles. The standard InChI is InChI=1S/C14H25N3O/c1-4-7-15-14-10-12(5-8-16-14)17-13(6-9-18)11(2)3/h5,8,10-11,13,18H,4,6-7,9H2,1-3H3,(H2,15,16,17). The van der Waals surface area contributed by atoms with Gasteiger partial charge in [0.1, 0.15) is 5.82 Å². The fourth-order valence-corrected chi connectivity index (χ4v) is 1.80. The molecule has 0 amide bonds. The highest BCUT2D eigenvalue weighted by Gasteiger charge is 2.12. The van der Waals surface area contributed by atoms with Crippen LogP contribution in [0.5, 0.6) is 0 Å². The van der Waals surface area contributed by atoms with E-state index in [0.29, 0.717) is 5.92 Å². The molecule has 0 aliphatic carbocycles. The van der Waals surface area contributed by atoms with E-state index in [2.05, 4.69) is 36.4 Å². The van der Waals surface area contributed by atoms with Gasteiger partial charge in [0.2, 0.25) is 0 Å². The Morgan fingerprint density at radius 2 is 2.17 bits per heavy atom. The molecule has 4 heteroatoms. The molecule has 0 bridgehead atoms. The second kappa shape index (κ2) is 7.93. The molecular weight excluding hydrogens is 226 g/mol. The normalized spacial score (nSPS) is 12.5. The van der Waals surface area contributed by atoms with Crippen LogP contribution >= 0.6 is 0 Å². The van der Waals surface area contributed by atoms with Crippen molar-refractivity contribution in [3.8, 4) is 0 Å². The Balaban J connectivity index is 2.64. The summed E-state index contributed by atoms with van der Waals surface area (Å²) in [5.41, 5.74) is 1.05. The third-order valence-electron chi connectivity index (χ3n) is 2.91. The lowest BCUT2D eigenvalue weighted by Gasteiger charge is -2.23. The van der Waals surface area contributed by atoms with E-state index in [4.69, 9.17) is 5.11 Å². The molecule has 0 spiro atoms. The van der Waals surface area contributed by atoms with Gasteiger partial charge in [0.25, 0.3) is 0 Å². The lowest BCUT2D eigenvalue weighted by Crippen LogP contribution is -2.26. The zero-order chi connectivity index (χ0) is 13.4. The molecule has 0 saturated carbocycles. The van der Waals surface area contributed by atoms with Gasteiger partial charge in [-0.25, -0.2) is 4.98 Å². The SMILES string of the molecule is CCCNc1cc(NC(CCO)C(C)C)ccn1. The van der Waals surface area contributed by atoms with E-state index >= 15 is 0 Å². The maximum Gasteiger partial charge on any atom is 0.127 e. The molecule has 1 aromatic rings. The van der Waals surface area contributed by atoms with Crippen molar-refractivity contribution in [1.82, 2.24) is 4.98 Å². The Morgan fingerprint density at radius 1 is 1.39 bits per heavy atom. The summed E-state index contributed by atoms with van der Waals surface area (Å²) in [6.07, 6.45) is 3.65. The zero-order valence-electron chi connectivity index (χ0n) is 11.6. The fourth-order valence-electron chi connectivity index (χ4n) is 1.80. The molecule has 0 aliphatic rings. The number of aliphatic hydroxyl groups is 1. The predicted octanol–water partition coefficient (Wildman–Crippen LogP) is 2.72. The lowest BCUT2D eigenvalue weighted by atomic mass is 10.0. The third-order valence-corrected chi connectivity index (χ3v) is 2.91. The topological polar surface area (TPSA) is 57.2 Å². The molecule has 3 N–H and O–H groups in total. The van der Waals surface area contributed by atoms with Gasteiger partial charge in [-0.2, -0.15) is 0 Å². The highest BCUT2D eigenvalue weighted by Crippen LogP contribution is 2.17. The van der Waals surface area contributed by atoms with Gasteiger partial charge in [-0.05, 0) is 24.8 Å². The number of nitrogens with zero attached hydrogens (tertiary/aromatic N) is 1. The maximum absolute atomic E-state index is 9.07. The van der Waals surface area contributed by atoms with Crippen molar-refractivity contribution < 1.29 is 5.11 Å². The summed E-state index contributed by atoms with van der Waals surface area (Å²) in [6.45, 7) is 7.59. The number of pyridine rings is 1. The number of aromatic nitrogens is 1. The van der Waals surface area contributed by atoms with Gasteiger partial charge < -0.3 is 15.7 Å². The molecule has 1 unspecified atom stereocenters. The summed E-state index contributed by atoms with van der Waals surface area (Å²) in [7, 11) is 0. The molecule has 1 rings (SSSR count). The van der Waals surface area contributed by atoms with E-state index in [0.717, 1.165) is 30.9 Å². The van der Waals surface area contributed by atoms with E-state index in [1.165, 1.54) is 0 Å². The Morgan fingerprint density at radius 3 is 2.78 bits per heavy atom. The van der Waals surface area contributed by atoms with E-state index in [-0.39, 0.29) is 12.6 Å². The molecule has 4 nitrogen and oxygen atoms in total. The number of hydrogen-bond acceptors (Lipinski definition) is 4. The second-order valence-corrected chi connectivity index (χ2v) is 4.86. The smallest absolute Gasteiger partial charge is 0.127 e. The van der Waals surface area contributed by atoms with Gasteiger partial charge in [-0.1, -0.05) is 20.8 Å². The van der Waals surface area contributed by atoms with Crippen LogP contribution in [-0.4, -0.2) is 29.3 Å². The number of anilines is 2. The quantitative estimate of drug-likeness (QED) is 0.665. The summed E-state index contributed by atoms with van der Waals surface area (Å²) in [5, 5.41) is 15.8. The van der Waals surface area contributed by atoms with Gasteiger partial charge >= 0.3 is 0 Å². The van der Waals surface area contributed by atoms with Crippen molar-refractivity contribution in [2.75, 3.05) is 23.8 Å². The molecule has 102 valence electrons. The van der Waals surface area contributed by atoms with E-state index in [1.807, 2.05) is 12.1 Å². The van der Waals surface area contributed by atoms with Crippen LogP contribution in [0, 0.1) is 5.92 Å². The first-order chi connectivity index (χ1) is 8.67. The Labute approximate surface area is 110 Å². The molecule has 1 heterocycles. The first kappa shape index (κ1) is 14.8. The van der Waals surface area contributed by atoms with Crippen molar-refractivity contribution in [3.05, 3.63) is 18.3 Å². The van der Waals surface area contributed by atoms with Crippen LogP contribution in [0.1, 0.15) is 33.6 Å². The highest BCUT2D eigenvalue weighted by molar-refractivity contribution is 5.52. The second-order valence-electron chi connectivity index (χ2n) is 4.86. The van der Waals surface area contributed by atoms with Crippen molar-refractivity contribution in [1.29, 1.82) is 0 Å².